The monoisotopic (exact) mass is 395 g/mol. The molecular formula is C20H30ClN3O3. The van der Waals surface area contributed by atoms with E-state index in [-0.39, 0.29) is 30.3 Å². The summed E-state index contributed by atoms with van der Waals surface area (Å²) in [6.07, 6.45) is 1.49. The Morgan fingerprint density at radius 1 is 1.22 bits per heavy atom. The maximum atomic E-state index is 13.0. The fourth-order valence-corrected chi connectivity index (χ4v) is 3.95. The van der Waals surface area contributed by atoms with Crippen LogP contribution in [0.2, 0.25) is 0 Å². The molecule has 3 unspecified atom stereocenters. The van der Waals surface area contributed by atoms with Gasteiger partial charge in [0.05, 0.1) is 24.5 Å². The molecule has 7 heteroatoms. The van der Waals surface area contributed by atoms with Crippen molar-refractivity contribution in [2.24, 2.45) is 11.8 Å². The zero-order valence-corrected chi connectivity index (χ0v) is 16.9. The number of anilines is 1. The molecule has 2 saturated heterocycles. The van der Waals surface area contributed by atoms with Gasteiger partial charge in [0.1, 0.15) is 0 Å². The third-order valence-corrected chi connectivity index (χ3v) is 5.02. The molecule has 0 spiro atoms. The van der Waals surface area contributed by atoms with E-state index in [0.717, 1.165) is 26.1 Å². The molecule has 0 saturated carbocycles. The van der Waals surface area contributed by atoms with Gasteiger partial charge in [-0.25, -0.2) is 0 Å². The average Bonchev–Trinajstić information content (AvgIpc) is 2.61. The van der Waals surface area contributed by atoms with Gasteiger partial charge in [0, 0.05) is 32.1 Å². The molecular weight excluding hydrogens is 366 g/mol. The van der Waals surface area contributed by atoms with Crippen LogP contribution in [0.3, 0.4) is 0 Å². The standard InChI is InChI=1S/C20H29N3O3.ClH/c1-14-9-15(2)12-23(11-14)20(25)17-5-3-4-6-18(17)22-19(24)10-16-13-26-8-7-21-16;/h3-6,14-16,21H,7-13H2,1-2H3,(H,22,24);1H. The maximum Gasteiger partial charge on any atom is 0.255 e. The number of morpholine rings is 1. The average molecular weight is 396 g/mol. The third-order valence-electron chi connectivity index (χ3n) is 5.02. The van der Waals surface area contributed by atoms with Crippen molar-refractivity contribution in [2.45, 2.75) is 32.7 Å². The van der Waals surface area contributed by atoms with Crippen molar-refractivity contribution in [3.05, 3.63) is 29.8 Å². The second-order valence-corrected chi connectivity index (χ2v) is 7.68. The summed E-state index contributed by atoms with van der Waals surface area (Å²) < 4.78 is 5.39. The molecule has 27 heavy (non-hydrogen) atoms. The second-order valence-electron chi connectivity index (χ2n) is 7.68. The minimum Gasteiger partial charge on any atom is -0.378 e. The van der Waals surface area contributed by atoms with Crippen LogP contribution in [0.5, 0.6) is 0 Å². The van der Waals surface area contributed by atoms with E-state index in [0.29, 0.717) is 42.7 Å². The third kappa shape index (κ3) is 5.92. The Morgan fingerprint density at radius 3 is 2.59 bits per heavy atom. The van der Waals surface area contributed by atoms with Crippen LogP contribution < -0.4 is 10.6 Å². The number of carbonyl (C=O) groups excluding carboxylic acids is 2. The fourth-order valence-electron chi connectivity index (χ4n) is 3.95. The lowest BCUT2D eigenvalue weighted by Crippen LogP contribution is -2.43. The molecule has 0 radical (unpaired) electrons. The van der Waals surface area contributed by atoms with E-state index in [1.165, 1.54) is 0 Å². The molecule has 6 nitrogen and oxygen atoms in total. The molecule has 0 bridgehead atoms. The number of halogens is 1. The van der Waals surface area contributed by atoms with E-state index in [2.05, 4.69) is 24.5 Å². The van der Waals surface area contributed by atoms with E-state index in [4.69, 9.17) is 4.74 Å². The van der Waals surface area contributed by atoms with Gasteiger partial charge >= 0.3 is 0 Å². The fraction of sp³-hybridized carbons (Fsp3) is 0.600. The predicted octanol–water partition coefficient (Wildman–Crippen LogP) is 2.54. The maximum absolute atomic E-state index is 13.0. The Kier molecular flexibility index (Phi) is 8.07. The van der Waals surface area contributed by atoms with Crippen LogP contribution in [0.4, 0.5) is 5.69 Å². The Balaban J connectivity index is 0.00000261. The lowest BCUT2D eigenvalue weighted by atomic mass is 9.91. The smallest absolute Gasteiger partial charge is 0.255 e. The number of nitrogens with one attached hydrogen (secondary N) is 2. The van der Waals surface area contributed by atoms with Crippen molar-refractivity contribution in [2.75, 3.05) is 38.2 Å². The number of para-hydroxylation sites is 1. The molecule has 2 heterocycles. The number of benzene rings is 1. The van der Waals surface area contributed by atoms with Crippen LogP contribution in [0.25, 0.3) is 0 Å². The molecule has 2 aliphatic heterocycles. The first-order chi connectivity index (χ1) is 12.5. The Morgan fingerprint density at radius 2 is 1.93 bits per heavy atom. The van der Waals surface area contributed by atoms with Gasteiger partial charge in [0.25, 0.3) is 5.91 Å². The number of nitrogens with zero attached hydrogens (tertiary/aromatic N) is 1. The number of likely N-dealkylation sites (tertiary alicyclic amines) is 1. The van der Waals surface area contributed by atoms with Crippen molar-refractivity contribution in [3.8, 4) is 0 Å². The second kappa shape index (κ2) is 10.1. The molecule has 2 fully saturated rings. The molecule has 2 N–H and O–H groups in total. The summed E-state index contributed by atoms with van der Waals surface area (Å²) in [7, 11) is 0. The Bertz CT molecular complexity index is 639. The van der Waals surface area contributed by atoms with Crippen LogP contribution >= 0.6 is 12.4 Å². The topological polar surface area (TPSA) is 70.7 Å². The molecule has 3 rings (SSSR count). The lowest BCUT2D eigenvalue weighted by Gasteiger charge is -2.35. The number of amides is 2. The van der Waals surface area contributed by atoms with Crippen molar-refractivity contribution < 1.29 is 14.3 Å². The number of piperidine rings is 1. The summed E-state index contributed by atoms with van der Waals surface area (Å²) in [5.41, 5.74) is 1.15. The highest BCUT2D eigenvalue weighted by atomic mass is 35.5. The largest absolute Gasteiger partial charge is 0.378 e. The normalized spacial score (nSPS) is 25.4. The number of hydrogen-bond acceptors (Lipinski definition) is 4. The van der Waals surface area contributed by atoms with Crippen LogP contribution in [0.15, 0.2) is 24.3 Å². The van der Waals surface area contributed by atoms with Crippen molar-refractivity contribution in [3.63, 3.8) is 0 Å². The zero-order chi connectivity index (χ0) is 18.5. The summed E-state index contributed by atoms with van der Waals surface area (Å²) in [6, 6.07) is 7.30. The van der Waals surface area contributed by atoms with Crippen LogP contribution in [0.1, 0.15) is 37.0 Å². The quantitative estimate of drug-likeness (QED) is 0.821. The van der Waals surface area contributed by atoms with Gasteiger partial charge in [-0.1, -0.05) is 26.0 Å². The van der Waals surface area contributed by atoms with Gasteiger partial charge in [0.15, 0.2) is 0 Å². The zero-order valence-electron chi connectivity index (χ0n) is 16.1. The highest BCUT2D eigenvalue weighted by Crippen LogP contribution is 2.25. The number of hydrogen-bond donors (Lipinski definition) is 2. The lowest BCUT2D eigenvalue weighted by molar-refractivity contribution is -0.117. The Labute approximate surface area is 167 Å². The van der Waals surface area contributed by atoms with Gasteiger partial charge in [0.2, 0.25) is 5.91 Å². The Hall–Kier alpha value is -1.63. The molecule has 2 amide bonds. The van der Waals surface area contributed by atoms with E-state index < -0.39 is 0 Å². The van der Waals surface area contributed by atoms with E-state index in [1.807, 2.05) is 17.0 Å². The van der Waals surface area contributed by atoms with Crippen LogP contribution in [-0.2, 0) is 9.53 Å². The first-order valence-corrected chi connectivity index (χ1v) is 9.52. The van der Waals surface area contributed by atoms with E-state index in [9.17, 15) is 9.59 Å². The summed E-state index contributed by atoms with van der Waals surface area (Å²) in [4.78, 5) is 27.3. The number of ether oxygens (including phenoxy) is 1. The van der Waals surface area contributed by atoms with Gasteiger partial charge < -0.3 is 20.3 Å². The van der Waals surface area contributed by atoms with Gasteiger partial charge in [-0.3, -0.25) is 9.59 Å². The molecule has 2 aliphatic rings. The highest BCUT2D eigenvalue weighted by Gasteiger charge is 2.27. The molecule has 0 aromatic heterocycles. The molecule has 1 aromatic carbocycles. The van der Waals surface area contributed by atoms with Gasteiger partial charge in [-0.05, 0) is 30.4 Å². The molecule has 150 valence electrons. The van der Waals surface area contributed by atoms with E-state index in [1.54, 1.807) is 12.1 Å². The predicted molar refractivity (Wildman–Crippen MR) is 108 cm³/mol. The summed E-state index contributed by atoms with van der Waals surface area (Å²) in [5, 5.41) is 6.19. The summed E-state index contributed by atoms with van der Waals surface area (Å²) in [5.74, 6) is 0.899. The van der Waals surface area contributed by atoms with Crippen molar-refractivity contribution in [1.29, 1.82) is 0 Å². The van der Waals surface area contributed by atoms with Gasteiger partial charge in [-0.2, -0.15) is 0 Å². The van der Waals surface area contributed by atoms with Crippen LogP contribution in [0, 0.1) is 11.8 Å². The first kappa shape index (κ1) is 21.7. The van der Waals surface area contributed by atoms with E-state index >= 15 is 0 Å². The van der Waals surface area contributed by atoms with Crippen molar-refractivity contribution >= 4 is 29.9 Å². The molecule has 3 atom stereocenters. The first-order valence-electron chi connectivity index (χ1n) is 9.52. The molecule has 1 aromatic rings. The summed E-state index contributed by atoms with van der Waals surface area (Å²) in [6.45, 7) is 7.90. The number of carbonyl (C=O) groups is 2. The minimum atomic E-state index is -0.103. The van der Waals surface area contributed by atoms with Crippen LogP contribution in [-0.4, -0.2) is 55.6 Å². The molecule has 0 aliphatic carbocycles. The minimum absolute atomic E-state index is 0. The summed E-state index contributed by atoms with van der Waals surface area (Å²) >= 11 is 0. The highest BCUT2D eigenvalue weighted by molar-refractivity contribution is 6.03. The van der Waals surface area contributed by atoms with Gasteiger partial charge in [-0.15, -0.1) is 12.4 Å². The van der Waals surface area contributed by atoms with Crippen molar-refractivity contribution in [1.82, 2.24) is 10.2 Å². The number of rotatable bonds is 4. The SMILES string of the molecule is CC1CC(C)CN(C(=O)c2ccccc2NC(=O)CC2COCCN2)C1.Cl.